The minimum Gasteiger partial charge on any atom is -0.474 e. The fraction of sp³-hybridized carbons (Fsp3) is 0.368. The summed E-state index contributed by atoms with van der Waals surface area (Å²) < 4.78 is 10.5. The Morgan fingerprint density at radius 1 is 1.17 bits per heavy atom. The quantitative estimate of drug-likeness (QED) is 0.651. The van der Waals surface area contributed by atoms with E-state index in [0.717, 1.165) is 33.5 Å². The first-order valence-corrected chi connectivity index (χ1v) is 7.88. The number of carbonyl (C=O) groups is 1. The monoisotopic (exact) mass is 329 g/mol. The first-order chi connectivity index (χ1) is 11.4. The number of pyridine rings is 1. The molecule has 0 aliphatic carbocycles. The number of esters is 1. The number of hydrogen-bond acceptors (Lipinski definition) is 5. The minimum atomic E-state index is -0.325. The van der Waals surface area contributed by atoms with Crippen LogP contribution >= 0.6 is 0 Å². The van der Waals surface area contributed by atoms with Crippen molar-refractivity contribution in [1.29, 1.82) is 0 Å². The maximum Gasteiger partial charge on any atom is 0.302 e. The van der Waals surface area contributed by atoms with Crippen LogP contribution in [0.4, 0.5) is 0 Å². The number of carbonyl (C=O) groups excluding carboxylic acids is 1. The molecular formula is C19H23NO4. The number of benzene rings is 1. The highest BCUT2D eigenvalue weighted by Gasteiger charge is 2.12. The Hall–Kier alpha value is -2.40. The van der Waals surface area contributed by atoms with Gasteiger partial charge in [0.1, 0.15) is 13.2 Å². The van der Waals surface area contributed by atoms with Crippen LogP contribution in [0.15, 0.2) is 24.3 Å². The van der Waals surface area contributed by atoms with Crippen LogP contribution in [0.5, 0.6) is 5.88 Å². The van der Waals surface area contributed by atoms with Gasteiger partial charge in [0, 0.05) is 23.7 Å². The number of rotatable bonds is 6. The molecule has 0 spiro atoms. The number of aryl methyl sites for hydroxylation is 2. The van der Waals surface area contributed by atoms with Gasteiger partial charge in [-0.15, -0.1) is 0 Å². The number of aliphatic hydroxyl groups is 1. The number of nitrogens with zero attached hydrogens (tertiary/aromatic N) is 1. The zero-order chi connectivity index (χ0) is 17.7. The van der Waals surface area contributed by atoms with Crippen LogP contribution in [0.3, 0.4) is 0 Å². The van der Waals surface area contributed by atoms with Crippen LogP contribution in [-0.4, -0.2) is 29.3 Å². The average molecular weight is 329 g/mol. The third kappa shape index (κ3) is 4.11. The van der Waals surface area contributed by atoms with Gasteiger partial charge in [-0.2, -0.15) is 0 Å². The molecule has 0 radical (unpaired) electrons. The average Bonchev–Trinajstić information content (AvgIpc) is 2.54. The standard InChI is InChI=1S/C19H23NO4/c1-12-10-18(17-7-5-6-16(11-21)13(17)2)14(3)20-19(12)24-9-8-23-15(4)22/h5-7,10,21H,8-9,11H2,1-4H3. The van der Waals surface area contributed by atoms with Crippen molar-refractivity contribution in [3.8, 4) is 17.0 Å². The molecule has 1 heterocycles. The van der Waals surface area contributed by atoms with E-state index in [1.165, 1.54) is 6.92 Å². The molecule has 1 aromatic heterocycles. The normalized spacial score (nSPS) is 10.5. The van der Waals surface area contributed by atoms with Gasteiger partial charge >= 0.3 is 5.97 Å². The van der Waals surface area contributed by atoms with E-state index in [4.69, 9.17) is 9.47 Å². The molecule has 2 rings (SSSR count). The summed E-state index contributed by atoms with van der Waals surface area (Å²) in [5.74, 6) is 0.216. The molecule has 0 atom stereocenters. The lowest BCUT2D eigenvalue weighted by Crippen LogP contribution is -2.11. The van der Waals surface area contributed by atoms with E-state index in [1.807, 2.05) is 45.0 Å². The SMILES string of the molecule is CC(=O)OCCOc1nc(C)c(-c2cccc(CO)c2C)cc1C. The minimum absolute atomic E-state index is 0.0163. The van der Waals surface area contributed by atoms with Crippen molar-refractivity contribution in [2.45, 2.75) is 34.3 Å². The van der Waals surface area contributed by atoms with E-state index in [-0.39, 0.29) is 25.8 Å². The second-order valence-corrected chi connectivity index (χ2v) is 5.68. The summed E-state index contributed by atoms with van der Waals surface area (Å²) in [7, 11) is 0. The summed E-state index contributed by atoms with van der Waals surface area (Å²) in [6.45, 7) is 7.72. The summed E-state index contributed by atoms with van der Waals surface area (Å²) in [5, 5.41) is 9.45. The molecule has 0 bridgehead atoms. The zero-order valence-electron chi connectivity index (χ0n) is 14.5. The Morgan fingerprint density at radius 3 is 2.58 bits per heavy atom. The van der Waals surface area contributed by atoms with Gasteiger partial charge in [-0.25, -0.2) is 4.98 Å². The predicted octanol–water partition coefficient (Wildman–Crippen LogP) is 3.11. The van der Waals surface area contributed by atoms with Crippen molar-refractivity contribution in [3.63, 3.8) is 0 Å². The van der Waals surface area contributed by atoms with E-state index in [2.05, 4.69) is 4.98 Å². The summed E-state index contributed by atoms with van der Waals surface area (Å²) in [4.78, 5) is 15.3. The fourth-order valence-electron chi connectivity index (χ4n) is 2.57. The maximum absolute atomic E-state index is 10.8. The van der Waals surface area contributed by atoms with Gasteiger partial charge in [0.05, 0.1) is 6.61 Å². The summed E-state index contributed by atoms with van der Waals surface area (Å²) in [6, 6.07) is 7.92. The molecule has 0 saturated carbocycles. The smallest absolute Gasteiger partial charge is 0.302 e. The number of aliphatic hydroxyl groups excluding tert-OH is 1. The molecule has 0 aliphatic heterocycles. The van der Waals surface area contributed by atoms with Crippen molar-refractivity contribution in [1.82, 2.24) is 4.98 Å². The van der Waals surface area contributed by atoms with Gasteiger partial charge < -0.3 is 14.6 Å². The maximum atomic E-state index is 10.8. The van der Waals surface area contributed by atoms with Crippen LogP contribution in [0.1, 0.15) is 29.3 Å². The summed E-state index contributed by atoms with van der Waals surface area (Å²) >= 11 is 0. The van der Waals surface area contributed by atoms with Gasteiger partial charge in [0.15, 0.2) is 0 Å². The Bertz CT molecular complexity index is 740. The third-order valence-electron chi connectivity index (χ3n) is 3.89. The van der Waals surface area contributed by atoms with Crippen molar-refractivity contribution in [2.24, 2.45) is 0 Å². The molecule has 0 saturated heterocycles. The van der Waals surface area contributed by atoms with Crippen LogP contribution in [0.25, 0.3) is 11.1 Å². The highest BCUT2D eigenvalue weighted by molar-refractivity contribution is 5.71. The molecule has 24 heavy (non-hydrogen) atoms. The number of ether oxygens (including phenoxy) is 2. The molecule has 1 aromatic carbocycles. The molecule has 2 aromatic rings. The first kappa shape index (κ1) is 17.9. The fourth-order valence-corrected chi connectivity index (χ4v) is 2.57. The van der Waals surface area contributed by atoms with Crippen LogP contribution < -0.4 is 4.74 Å². The van der Waals surface area contributed by atoms with E-state index in [0.29, 0.717) is 5.88 Å². The van der Waals surface area contributed by atoms with Crippen molar-refractivity contribution in [3.05, 3.63) is 46.6 Å². The largest absolute Gasteiger partial charge is 0.474 e. The van der Waals surface area contributed by atoms with E-state index < -0.39 is 0 Å². The zero-order valence-corrected chi connectivity index (χ0v) is 14.5. The molecule has 0 unspecified atom stereocenters. The van der Waals surface area contributed by atoms with Gasteiger partial charge in [0.25, 0.3) is 0 Å². The van der Waals surface area contributed by atoms with Gasteiger partial charge in [0.2, 0.25) is 5.88 Å². The summed E-state index contributed by atoms with van der Waals surface area (Å²) in [5.41, 5.74) is 5.79. The Balaban J connectivity index is 2.25. The molecule has 5 heteroatoms. The Morgan fingerprint density at radius 2 is 1.92 bits per heavy atom. The Kier molecular flexibility index (Phi) is 5.93. The molecular weight excluding hydrogens is 306 g/mol. The second-order valence-electron chi connectivity index (χ2n) is 5.68. The lowest BCUT2D eigenvalue weighted by Gasteiger charge is -2.15. The van der Waals surface area contributed by atoms with Crippen molar-refractivity contribution >= 4 is 5.97 Å². The van der Waals surface area contributed by atoms with Gasteiger partial charge in [-0.05, 0) is 43.5 Å². The molecule has 0 fully saturated rings. The van der Waals surface area contributed by atoms with E-state index in [9.17, 15) is 9.90 Å². The Labute approximate surface area is 142 Å². The molecule has 1 N–H and O–H groups in total. The molecule has 0 amide bonds. The predicted molar refractivity (Wildman–Crippen MR) is 91.9 cm³/mol. The lowest BCUT2D eigenvalue weighted by atomic mass is 9.95. The van der Waals surface area contributed by atoms with Crippen LogP contribution in [0.2, 0.25) is 0 Å². The second kappa shape index (κ2) is 7.93. The van der Waals surface area contributed by atoms with Gasteiger partial charge in [-0.1, -0.05) is 18.2 Å². The molecule has 128 valence electrons. The molecule has 0 aliphatic rings. The van der Waals surface area contributed by atoms with Crippen molar-refractivity contribution in [2.75, 3.05) is 13.2 Å². The first-order valence-electron chi connectivity index (χ1n) is 7.88. The topological polar surface area (TPSA) is 68.7 Å². The van der Waals surface area contributed by atoms with Crippen LogP contribution in [-0.2, 0) is 16.1 Å². The lowest BCUT2D eigenvalue weighted by molar-refractivity contribution is -0.141. The highest BCUT2D eigenvalue weighted by atomic mass is 16.6. The van der Waals surface area contributed by atoms with E-state index >= 15 is 0 Å². The van der Waals surface area contributed by atoms with Crippen molar-refractivity contribution < 1.29 is 19.4 Å². The van der Waals surface area contributed by atoms with Gasteiger partial charge in [-0.3, -0.25) is 4.79 Å². The number of aromatic nitrogens is 1. The number of hydrogen-bond donors (Lipinski definition) is 1. The highest BCUT2D eigenvalue weighted by Crippen LogP contribution is 2.31. The molecule has 5 nitrogen and oxygen atoms in total. The summed E-state index contributed by atoms with van der Waals surface area (Å²) in [6.07, 6.45) is 0. The van der Waals surface area contributed by atoms with Crippen LogP contribution in [0, 0.1) is 20.8 Å². The van der Waals surface area contributed by atoms with E-state index in [1.54, 1.807) is 0 Å². The third-order valence-corrected chi connectivity index (χ3v) is 3.89.